The normalized spacial score (nSPS) is 20.6. The number of aliphatic carboxylic acids is 1. The molecular formula is C34H35N11O13S3. The van der Waals surface area contributed by atoms with Gasteiger partial charge in [-0.2, -0.15) is 5.01 Å². The average Bonchev–Trinajstić information content (AvgIpc) is 3.85. The van der Waals surface area contributed by atoms with Crippen LogP contribution in [0.4, 0.5) is 9.93 Å². The molecule has 4 aliphatic heterocycles. The largest absolute Gasteiger partial charge is 0.481 e. The van der Waals surface area contributed by atoms with Crippen molar-refractivity contribution in [2.24, 2.45) is 15.6 Å². The zero-order valence-electron chi connectivity index (χ0n) is 32.2. The van der Waals surface area contributed by atoms with Gasteiger partial charge in [-0.3, -0.25) is 44.4 Å². The van der Waals surface area contributed by atoms with Crippen molar-refractivity contribution in [1.29, 1.82) is 0 Å². The highest BCUT2D eigenvalue weighted by Crippen LogP contribution is 2.45. The van der Waals surface area contributed by atoms with E-state index in [0.29, 0.717) is 5.03 Å². The van der Waals surface area contributed by atoms with Crippen LogP contribution < -0.4 is 36.9 Å². The van der Waals surface area contributed by atoms with Crippen LogP contribution in [0.5, 0.6) is 11.5 Å². The lowest BCUT2D eigenvalue weighted by Gasteiger charge is -2.53. The van der Waals surface area contributed by atoms with Crippen LogP contribution in [0.25, 0.3) is 0 Å². The number of amides is 5. The summed E-state index contributed by atoms with van der Waals surface area (Å²) in [4.78, 5) is 115. The van der Waals surface area contributed by atoms with Gasteiger partial charge in [0.15, 0.2) is 28.2 Å². The lowest BCUT2D eigenvalue weighted by atomic mass is 9.89. The molecule has 1 aromatic carbocycles. The Morgan fingerprint density at radius 2 is 1.82 bits per heavy atom. The van der Waals surface area contributed by atoms with E-state index >= 15 is 0 Å². The molecule has 2 aromatic rings. The monoisotopic (exact) mass is 901 g/mol. The number of esters is 2. The number of nitrogen functional groups attached to an aromatic ring is 1. The number of β-lactam (4-membered cyclic amide) rings is 1. The third kappa shape index (κ3) is 9.53. The van der Waals surface area contributed by atoms with Crippen LogP contribution in [0.2, 0.25) is 0 Å². The Bertz CT molecular complexity index is 2350. The SMILES string of the molecule is CC(=O)Oc1ccc(C(=O)NNC(=O)C(C)(C)ON=C(C(=O)NC2C(=O)N3CC(CSC4=CC=NC5=CN(C(=O)O)NN54)(C(=O)O)CS[C@H]23)c2csc(N)n2)cc1OC(C)=O. The van der Waals surface area contributed by atoms with Gasteiger partial charge >= 0.3 is 24.0 Å². The number of rotatable bonds is 13. The van der Waals surface area contributed by atoms with E-state index in [2.05, 4.69) is 36.8 Å². The molecule has 61 heavy (non-hydrogen) atoms. The van der Waals surface area contributed by atoms with Crippen molar-refractivity contribution in [3.8, 4) is 11.5 Å². The van der Waals surface area contributed by atoms with Gasteiger partial charge in [-0.05, 0) is 38.1 Å². The summed E-state index contributed by atoms with van der Waals surface area (Å²) in [5.74, 6) is -5.95. The van der Waals surface area contributed by atoms with Gasteiger partial charge in [0.1, 0.15) is 22.5 Å². The molecule has 5 heterocycles. The number of carboxylic acid groups (broad SMARTS) is 2. The number of nitrogens with one attached hydrogen (secondary N) is 4. The number of hydrogen-bond acceptors (Lipinski definition) is 20. The van der Waals surface area contributed by atoms with Gasteiger partial charge < -0.3 is 40.5 Å². The molecule has 1 aromatic heterocycles. The molecule has 5 amide bonds. The maximum atomic E-state index is 13.7. The summed E-state index contributed by atoms with van der Waals surface area (Å²) in [5.41, 5.74) is 8.90. The lowest BCUT2D eigenvalue weighted by Crippen LogP contribution is -2.74. The molecular weight excluding hydrogens is 867 g/mol. The zero-order chi connectivity index (χ0) is 44.4. The molecule has 322 valence electrons. The maximum absolute atomic E-state index is 13.7. The summed E-state index contributed by atoms with van der Waals surface area (Å²) < 4.78 is 10.0. The van der Waals surface area contributed by atoms with E-state index < -0.39 is 75.8 Å². The van der Waals surface area contributed by atoms with Crippen LogP contribution in [0.3, 0.4) is 0 Å². The minimum atomic E-state index is -1.86. The molecule has 3 atom stereocenters. The van der Waals surface area contributed by atoms with Crippen molar-refractivity contribution in [1.82, 2.24) is 41.6 Å². The molecule has 0 spiro atoms. The summed E-state index contributed by atoms with van der Waals surface area (Å²) >= 11 is 3.25. The minimum Gasteiger partial charge on any atom is -0.481 e. The lowest BCUT2D eigenvalue weighted by molar-refractivity contribution is -0.157. The third-order valence-corrected chi connectivity index (χ3v) is 12.4. The first-order chi connectivity index (χ1) is 28.8. The number of fused-ring (bicyclic) bond motifs is 2. The molecule has 0 saturated carbocycles. The molecule has 0 radical (unpaired) electrons. The van der Waals surface area contributed by atoms with Crippen molar-refractivity contribution >= 4 is 99.5 Å². The van der Waals surface area contributed by atoms with Crippen LogP contribution in [0.1, 0.15) is 43.7 Å². The average molecular weight is 902 g/mol. The van der Waals surface area contributed by atoms with E-state index in [1.165, 1.54) is 53.7 Å². The first-order valence-corrected chi connectivity index (χ1v) is 20.4. The number of thioether (sulfide) groups is 2. The smallest absolute Gasteiger partial charge is 0.427 e. The predicted octanol–water partition coefficient (Wildman–Crippen LogP) is 0.180. The number of hydrazine groups is 3. The first kappa shape index (κ1) is 43.9. The van der Waals surface area contributed by atoms with Gasteiger partial charge in [-0.25, -0.2) is 19.8 Å². The number of nitrogens with zero attached hydrogens (tertiary/aromatic N) is 6. The number of aliphatic imine (C=N–C) groups is 1. The highest BCUT2D eigenvalue weighted by atomic mass is 32.2. The number of nitrogens with two attached hydrogens (primary N) is 1. The second-order valence-electron chi connectivity index (χ2n) is 13.7. The molecule has 6 rings (SSSR count). The number of carbonyl (C=O) groups excluding carboxylic acids is 6. The summed E-state index contributed by atoms with van der Waals surface area (Å²) in [6.07, 6.45) is 3.01. The van der Waals surface area contributed by atoms with E-state index in [1.54, 1.807) is 6.08 Å². The molecule has 0 aliphatic carbocycles. The van der Waals surface area contributed by atoms with Gasteiger partial charge in [0.2, 0.25) is 11.5 Å². The van der Waals surface area contributed by atoms with Gasteiger partial charge in [-0.1, -0.05) is 5.16 Å². The minimum absolute atomic E-state index is 0.00471. The van der Waals surface area contributed by atoms with Crippen LogP contribution in [0, 0.1) is 5.41 Å². The second kappa shape index (κ2) is 17.5. The number of allylic oxidation sites excluding steroid dienone is 1. The number of hydrogen-bond donors (Lipinski definition) is 7. The van der Waals surface area contributed by atoms with Crippen LogP contribution in [-0.4, -0.2) is 125 Å². The van der Waals surface area contributed by atoms with Gasteiger partial charge in [0.25, 0.3) is 17.7 Å². The fourth-order valence-corrected chi connectivity index (χ4v) is 9.05. The van der Waals surface area contributed by atoms with Crippen molar-refractivity contribution in [3.63, 3.8) is 0 Å². The molecule has 24 nitrogen and oxygen atoms in total. The van der Waals surface area contributed by atoms with Crippen LogP contribution >= 0.6 is 34.9 Å². The fourth-order valence-electron chi connectivity index (χ4n) is 5.67. The third-order valence-electron chi connectivity index (χ3n) is 8.81. The fraction of sp³-hybridized carbons (Fsp3) is 0.324. The van der Waals surface area contributed by atoms with E-state index in [-0.39, 0.29) is 51.8 Å². The van der Waals surface area contributed by atoms with Crippen LogP contribution in [-0.2, 0) is 33.6 Å². The Morgan fingerprint density at radius 3 is 2.48 bits per heavy atom. The van der Waals surface area contributed by atoms with Crippen LogP contribution in [0.15, 0.2) is 56.9 Å². The van der Waals surface area contributed by atoms with Crippen molar-refractivity contribution in [2.75, 3.05) is 23.8 Å². The Morgan fingerprint density at radius 1 is 1.10 bits per heavy atom. The Balaban J connectivity index is 1.08. The van der Waals surface area contributed by atoms with E-state index in [1.807, 2.05) is 0 Å². The summed E-state index contributed by atoms with van der Waals surface area (Å²) in [5, 5.41) is 29.7. The van der Waals surface area contributed by atoms with Crippen molar-refractivity contribution in [2.45, 2.75) is 44.7 Å². The Kier molecular flexibility index (Phi) is 12.6. The predicted molar refractivity (Wildman–Crippen MR) is 215 cm³/mol. The number of thiazole rings is 1. The standard InChI is InChI=1S/C34H35N11O13S3/c1-15(46)56-19-6-5-17(9-20(19)57-16(2)47)25(48)39-40-29(51)33(3,4)58-41-23(18-11-59-31(35)37-18)26(49)38-24-27(50)43-12-34(30(52)53,14-61-28(24)43)13-60-22-7-8-36-21-10-44(32(54)55)42-45(21)22/h5-11,24,28,42H,12-14H2,1-4H3,(H2,35,37)(H,38,49)(H,39,48)(H,40,51)(H,52,53)(H,54,55)/t24?,28-,34?/m1/s1. The number of benzene rings is 1. The van der Waals surface area contributed by atoms with Gasteiger partial charge in [0.05, 0.1) is 11.2 Å². The summed E-state index contributed by atoms with van der Waals surface area (Å²) in [6, 6.07) is 2.47. The zero-order valence-corrected chi connectivity index (χ0v) is 34.6. The highest BCUT2D eigenvalue weighted by molar-refractivity contribution is 8.03. The molecule has 4 aliphatic rings. The topological polar surface area (TPSA) is 326 Å². The number of anilines is 1. The van der Waals surface area contributed by atoms with E-state index in [9.17, 15) is 48.6 Å². The molecule has 27 heteroatoms. The van der Waals surface area contributed by atoms with Gasteiger partial charge in [-0.15, -0.1) is 40.4 Å². The summed E-state index contributed by atoms with van der Waals surface area (Å²) in [6.45, 7) is 4.59. The quantitative estimate of drug-likeness (QED) is 0.0463. The molecule has 8 N–H and O–H groups in total. The second-order valence-corrected chi connectivity index (χ2v) is 16.7. The van der Waals surface area contributed by atoms with E-state index in [0.717, 1.165) is 59.8 Å². The maximum Gasteiger partial charge on any atom is 0.427 e. The number of carbonyl (C=O) groups is 8. The van der Waals surface area contributed by atoms with Gasteiger partial charge in [0, 0.05) is 49.1 Å². The summed E-state index contributed by atoms with van der Waals surface area (Å²) in [7, 11) is 0. The van der Waals surface area contributed by atoms with Crippen molar-refractivity contribution < 1.29 is 62.9 Å². The number of ether oxygens (including phenoxy) is 2. The van der Waals surface area contributed by atoms with Crippen molar-refractivity contribution in [3.05, 3.63) is 58.0 Å². The highest BCUT2D eigenvalue weighted by Gasteiger charge is 2.58. The number of aromatic nitrogens is 1. The Hall–Kier alpha value is -6.71. The Labute approximate surface area is 356 Å². The molecule has 2 saturated heterocycles. The first-order valence-electron chi connectivity index (χ1n) is 17.5. The molecule has 2 unspecified atom stereocenters. The molecule has 0 bridgehead atoms. The number of carboxylic acids is 1. The van der Waals surface area contributed by atoms with E-state index in [4.69, 9.17) is 20.0 Å². The number of oxime groups is 1. The molecule has 2 fully saturated rings.